The van der Waals surface area contributed by atoms with Crippen LogP contribution in [0.1, 0.15) is 48.4 Å². The summed E-state index contributed by atoms with van der Waals surface area (Å²) >= 11 is 0. The predicted octanol–water partition coefficient (Wildman–Crippen LogP) is 5.55. The van der Waals surface area contributed by atoms with Gasteiger partial charge in [0.15, 0.2) is 0 Å². The van der Waals surface area contributed by atoms with E-state index < -0.39 is 0 Å². The molecule has 3 heteroatoms. The molecular weight excluding hydrogens is 308 g/mol. The van der Waals surface area contributed by atoms with E-state index in [0.717, 1.165) is 24.2 Å². The van der Waals surface area contributed by atoms with E-state index in [9.17, 15) is 0 Å². The SMILES string of the molecule is Cc1ccc(C(C)C)c(OCCCn2cnc3cc(C)c(C)cc32)c1. The molecule has 2 aromatic carbocycles. The number of hydrogen-bond acceptors (Lipinski definition) is 2. The normalized spacial score (nSPS) is 11.4. The number of ether oxygens (including phenoxy) is 1. The second-order valence-corrected chi connectivity index (χ2v) is 7.26. The molecule has 0 amide bonds. The second kappa shape index (κ2) is 7.30. The lowest BCUT2D eigenvalue weighted by atomic mass is 10.0. The Kier molecular flexibility index (Phi) is 5.12. The summed E-state index contributed by atoms with van der Waals surface area (Å²) in [5.74, 6) is 1.50. The average Bonchev–Trinajstić information content (AvgIpc) is 2.94. The van der Waals surface area contributed by atoms with E-state index in [4.69, 9.17) is 4.74 Å². The van der Waals surface area contributed by atoms with Gasteiger partial charge in [-0.3, -0.25) is 0 Å². The molecule has 1 aromatic heterocycles. The van der Waals surface area contributed by atoms with Gasteiger partial charge in [-0.15, -0.1) is 0 Å². The number of aryl methyl sites for hydroxylation is 4. The third-order valence-electron chi connectivity index (χ3n) is 4.83. The summed E-state index contributed by atoms with van der Waals surface area (Å²) in [6.07, 6.45) is 2.90. The van der Waals surface area contributed by atoms with Crippen molar-refractivity contribution in [2.24, 2.45) is 0 Å². The van der Waals surface area contributed by atoms with Crippen LogP contribution in [-0.4, -0.2) is 16.2 Å². The molecule has 0 atom stereocenters. The Balaban J connectivity index is 1.65. The molecule has 0 bridgehead atoms. The van der Waals surface area contributed by atoms with Crippen LogP contribution < -0.4 is 4.74 Å². The minimum atomic E-state index is 0.472. The van der Waals surface area contributed by atoms with Gasteiger partial charge in [0.25, 0.3) is 0 Å². The maximum atomic E-state index is 6.10. The van der Waals surface area contributed by atoms with Gasteiger partial charge in [0, 0.05) is 6.54 Å². The Bertz CT molecular complexity index is 877. The molecule has 0 aliphatic heterocycles. The van der Waals surface area contributed by atoms with Crippen molar-refractivity contribution in [3.63, 3.8) is 0 Å². The van der Waals surface area contributed by atoms with Gasteiger partial charge >= 0.3 is 0 Å². The highest BCUT2D eigenvalue weighted by molar-refractivity contribution is 5.77. The van der Waals surface area contributed by atoms with Gasteiger partial charge in [-0.05, 0) is 73.6 Å². The summed E-state index contributed by atoms with van der Waals surface area (Å²) in [7, 11) is 0. The quantitative estimate of drug-likeness (QED) is 0.551. The van der Waals surface area contributed by atoms with Crippen molar-refractivity contribution < 1.29 is 4.74 Å². The van der Waals surface area contributed by atoms with E-state index in [0.29, 0.717) is 12.5 Å². The number of imidazole rings is 1. The van der Waals surface area contributed by atoms with Crippen molar-refractivity contribution in [1.29, 1.82) is 0 Å². The van der Waals surface area contributed by atoms with Crippen LogP contribution >= 0.6 is 0 Å². The summed E-state index contributed by atoms with van der Waals surface area (Å²) in [6, 6.07) is 10.9. The summed E-state index contributed by atoms with van der Waals surface area (Å²) in [5.41, 5.74) is 7.41. The van der Waals surface area contributed by atoms with Crippen LogP contribution in [0.2, 0.25) is 0 Å². The van der Waals surface area contributed by atoms with Crippen LogP contribution in [0.5, 0.6) is 5.75 Å². The summed E-state index contributed by atoms with van der Waals surface area (Å²) < 4.78 is 8.33. The summed E-state index contributed by atoms with van der Waals surface area (Å²) in [5, 5.41) is 0. The molecular formula is C22H28N2O. The molecule has 0 spiro atoms. The molecule has 0 radical (unpaired) electrons. The van der Waals surface area contributed by atoms with Crippen LogP contribution in [0.3, 0.4) is 0 Å². The fourth-order valence-electron chi connectivity index (χ4n) is 3.15. The van der Waals surface area contributed by atoms with Crippen LogP contribution in [0, 0.1) is 20.8 Å². The van der Waals surface area contributed by atoms with Crippen LogP contribution in [0.4, 0.5) is 0 Å². The van der Waals surface area contributed by atoms with Crippen LogP contribution in [0.15, 0.2) is 36.7 Å². The van der Waals surface area contributed by atoms with Gasteiger partial charge in [0.2, 0.25) is 0 Å². The van der Waals surface area contributed by atoms with Crippen molar-refractivity contribution in [2.75, 3.05) is 6.61 Å². The van der Waals surface area contributed by atoms with Crippen molar-refractivity contribution >= 4 is 11.0 Å². The average molecular weight is 336 g/mol. The van der Waals surface area contributed by atoms with Gasteiger partial charge in [-0.1, -0.05) is 26.0 Å². The zero-order valence-electron chi connectivity index (χ0n) is 16.0. The fraction of sp³-hybridized carbons (Fsp3) is 0.409. The highest BCUT2D eigenvalue weighted by Gasteiger charge is 2.09. The molecule has 132 valence electrons. The van der Waals surface area contributed by atoms with E-state index in [1.807, 2.05) is 6.33 Å². The highest BCUT2D eigenvalue weighted by atomic mass is 16.5. The molecule has 0 aliphatic carbocycles. The Labute approximate surface area is 150 Å². The Hall–Kier alpha value is -2.29. The van der Waals surface area contributed by atoms with Crippen LogP contribution in [0.25, 0.3) is 11.0 Å². The molecule has 0 aliphatic rings. The summed E-state index contributed by atoms with van der Waals surface area (Å²) in [6.45, 7) is 12.4. The minimum absolute atomic E-state index is 0.472. The van der Waals surface area contributed by atoms with E-state index in [1.54, 1.807) is 0 Å². The molecule has 0 saturated carbocycles. The van der Waals surface area contributed by atoms with E-state index in [2.05, 4.69) is 74.5 Å². The number of benzene rings is 2. The van der Waals surface area contributed by atoms with E-state index in [-0.39, 0.29) is 0 Å². The number of fused-ring (bicyclic) bond motifs is 1. The smallest absolute Gasteiger partial charge is 0.123 e. The highest BCUT2D eigenvalue weighted by Crippen LogP contribution is 2.27. The maximum Gasteiger partial charge on any atom is 0.123 e. The fourth-order valence-corrected chi connectivity index (χ4v) is 3.15. The maximum absolute atomic E-state index is 6.10. The van der Waals surface area contributed by atoms with Gasteiger partial charge < -0.3 is 9.30 Å². The minimum Gasteiger partial charge on any atom is -0.493 e. The second-order valence-electron chi connectivity index (χ2n) is 7.26. The first-order chi connectivity index (χ1) is 12.0. The number of hydrogen-bond donors (Lipinski definition) is 0. The lowest BCUT2D eigenvalue weighted by molar-refractivity contribution is 0.298. The first kappa shape index (κ1) is 17.5. The Morgan fingerprint density at radius 1 is 1.04 bits per heavy atom. The van der Waals surface area contributed by atoms with Crippen LogP contribution in [-0.2, 0) is 6.54 Å². The third-order valence-corrected chi connectivity index (χ3v) is 4.83. The van der Waals surface area contributed by atoms with Gasteiger partial charge in [0.05, 0.1) is 24.0 Å². The number of rotatable bonds is 6. The van der Waals surface area contributed by atoms with Crippen molar-refractivity contribution in [3.8, 4) is 5.75 Å². The molecule has 3 nitrogen and oxygen atoms in total. The predicted molar refractivity (Wildman–Crippen MR) is 105 cm³/mol. The number of aromatic nitrogens is 2. The molecule has 0 unspecified atom stereocenters. The van der Waals surface area contributed by atoms with E-state index in [1.165, 1.54) is 27.8 Å². The van der Waals surface area contributed by atoms with Gasteiger partial charge in [0.1, 0.15) is 5.75 Å². The molecule has 3 rings (SSSR count). The molecule has 0 N–H and O–H groups in total. The van der Waals surface area contributed by atoms with Crippen molar-refractivity contribution in [1.82, 2.24) is 9.55 Å². The summed E-state index contributed by atoms with van der Waals surface area (Å²) in [4.78, 5) is 4.53. The first-order valence-electron chi connectivity index (χ1n) is 9.11. The van der Waals surface area contributed by atoms with Crippen molar-refractivity contribution in [2.45, 2.75) is 53.5 Å². The van der Waals surface area contributed by atoms with E-state index >= 15 is 0 Å². The van der Waals surface area contributed by atoms with Gasteiger partial charge in [-0.2, -0.15) is 0 Å². The lowest BCUT2D eigenvalue weighted by Gasteiger charge is -2.15. The topological polar surface area (TPSA) is 27.1 Å². The molecule has 25 heavy (non-hydrogen) atoms. The first-order valence-corrected chi connectivity index (χ1v) is 9.11. The molecule has 1 heterocycles. The largest absolute Gasteiger partial charge is 0.493 e. The van der Waals surface area contributed by atoms with Crippen molar-refractivity contribution in [3.05, 3.63) is 58.9 Å². The monoisotopic (exact) mass is 336 g/mol. The zero-order chi connectivity index (χ0) is 18.0. The third kappa shape index (κ3) is 3.87. The van der Waals surface area contributed by atoms with Gasteiger partial charge in [-0.25, -0.2) is 4.98 Å². The Morgan fingerprint density at radius 3 is 2.56 bits per heavy atom. The zero-order valence-corrected chi connectivity index (χ0v) is 16.0. The standard InChI is InChI=1S/C22H28N2O/c1-15(2)19-8-7-16(3)11-22(19)25-10-6-9-24-14-23-20-12-17(4)18(5)13-21(20)24/h7-8,11-15H,6,9-10H2,1-5H3. The molecule has 0 saturated heterocycles. The molecule has 3 aromatic rings. The number of nitrogens with zero attached hydrogens (tertiary/aromatic N) is 2. The lowest BCUT2D eigenvalue weighted by Crippen LogP contribution is -2.06. The molecule has 0 fully saturated rings. The Morgan fingerprint density at radius 2 is 1.80 bits per heavy atom.